The SMILES string of the molecule is COC(=O)[C@@H](N)Cn1cc(Br)c(=O)[nH]c1=O. The van der Waals surface area contributed by atoms with Gasteiger partial charge in [-0.1, -0.05) is 0 Å². The van der Waals surface area contributed by atoms with Gasteiger partial charge < -0.3 is 10.5 Å². The highest BCUT2D eigenvalue weighted by molar-refractivity contribution is 9.10. The summed E-state index contributed by atoms with van der Waals surface area (Å²) < 4.78 is 5.72. The van der Waals surface area contributed by atoms with Crippen molar-refractivity contribution in [3.63, 3.8) is 0 Å². The summed E-state index contributed by atoms with van der Waals surface area (Å²) in [6.07, 6.45) is 1.27. The predicted octanol–water partition coefficient (Wildman–Crippen LogP) is -1.20. The summed E-state index contributed by atoms with van der Waals surface area (Å²) in [5, 5.41) is 0. The molecule has 88 valence electrons. The molecule has 0 saturated heterocycles. The van der Waals surface area contributed by atoms with Crippen molar-refractivity contribution in [2.24, 2.45) is 5.73 Å². The van der Waals surface area contributed by atoms with Crippen molar-refractivity contribution in [3.8, 4) is 0 Å². The van der Waals surface area contributed by atoms with E-state index in [1.54, 1.807) is 0 Å². The van der Waals surface area contributed by atoms with Gasteiger partial charge in [0.25, 0.3) is 5.56 Å². The second kappa shape index (κ2) is 5.08. The van der Waals surface area contributed by atoms with Crippen molar-refractivity contribution in [2.75, 3.05) is 7.11 Å². The third kappa shape index (κ3) is 2.80. The smallest absolute Gasteiger partial charge is 0.328 e. The Bertz CT molecular complexity index is 507. The Hall–Kier alpha value is -1.41. The first-order valence-electron chi connectivity index (χ1n) is 4.28. The van der Waals surface area contributed by atoms with Gasteiger partial charge in [0, 0.05) is 6.20 Å². The first-order valence-corrected chi connectivity index (χ1v) is 5.07. The molecule has 0 spiro atoms. The molecule has 1 rings (SSSR count). The maximum Gasteiger partial charge on any atom is 0.328 e. The van der Waals surface area contributed by atoms with Crippen LogP contribution >= 0.6 is 15.9 Å². The van der Waals surface area contributed by atoms with E-state index in [1.165, 1.54) is 13.3 Å². The van der Waals surface area contributed by atoms with Gasteiger partial charge in [0.05, 0.1) is 18.1 Å². The van der Waals surface area contributed by atoms with Gasteiger partial charge in [0.2, 0.25) is 0 Å². The first kappa shape index (κ1) is 12.7. The molecule has 0 saturated carbocycles. The molecule has 7 nitrogen and oxygen atoms in total. The fraction of sp³-hybridized carbons (Fsp3) is 0.375. The second-order valence-electron chi connectivity index (χ2n) is 3.02. The molecule has 0 radical (unpaired) electrons. The van der Waals surface area contributed by atoms with Crippen molar-refractivity contribution < 1.29 is 9.53 Å². The molecule has 0 unspecified atom stereocenters. The Morgan fingerprint density at radius 1 is 1.69 bits per heavy atom. The molecule has 0 bridgehead atoms. The highest BCUT2D eigenvalue weighted by atomic mass is 79.9. The predicted molar refractivity (Wildman–Crippen MR) is 59.0 cm³/mol. The van der Waals surface area contributed by atoms with Crippen LogP contribution in [0.25, 0.3) is 0 Å². The van der Waals surface area contributed by atoms with Crippen LogP contribution in [0.5, 0.6) is 0 Å². The molecule has 1 heterocycles. The van der Waals surface area contributed by atoms with Gasteiger partial charge >= 0.3 is 11.7 Å². The number of aromatic nitrogens is 2. The molecule has 0 aliphatic carbocycles. The zero-order valence-corrected chi connectivity index (χ0v) is 9.98. The standard InChI is InChI=1S/C8H10BrN3O4/c1-16-7(14)5(10)3-12-2-4(9)6(13)11-8(12)15/h2,5H,3,10H2,1H3,(H,11,13,15)/t5-/m0/s1. The van der Waals surface area contributed by atoms with Crippen molar-refractivity contribution >= 4 is 21.9 Å². The van der Waals surface area contributed by atoms with E-state index in [4.69, 9.17) is 5.73 Å². The maximum absolute atomic E-state index is 11.3. The van der Waals surface area contributed by atoms with Crippen LogP contribution in [0.15, 0.2) is 20.3 Å². The first-order chi connectivity index (χ1) is 7.45. The van der Waals surface area contributed by atoms with Gasteiger partial charge in [0.15, 0.2) is 0 Å². The molecule has 0 amide bonds. The lowest BCUT2D eigenvalue weighted by molar-refractivity contribution is -0.142. The summed E-state index contributed by atoms with van der Waals surface area (Å²) in [5.41, 5.74) is 4.31. The van der Waals surface area contributed by atoms with E-state index >= 15 is 0 Å². The molecular formula is C8H10BrN3O4. The number of hydrogen-bond donors (Lipinski definition) is 2. The lowest BCUT2D eigenvalue weighted by atomic mass is 10.3. The quantitative estimate of drug-likeness (QED) is 0.680. The Kier molecular flexibility index (Phi) is 4.02. The summed E-state index contributed by atoms with van der Waals surface area (Å²) in [6.45, 7) is -0.0686. The van der Waals surface area contributed by atoms with Crippen LogP contribution in [-0.4, -0.2) is 28.7 Å². The normalized spacial score (nSPS) is 12.2. The van der Waals surface area contributed by atoms with E-state index in [0.717, 1.165) is 4.57 Å². The van der Waals surface area contributed by atoms with Gasteiger partial charge in [-0.25, -0.2) is 4.79 Å². The van der Waals surface area contributed by atoms with Crippen molar-refractivity contribution in [1.82, 2.24) is 9.55 Å². The third-order valence-electron chi connectivity index (χ3n) is 1.86. The van der Waals surface area contributed by atoms with E-state index in [1.807, 2.05) is 0 Å². The van der Waals surface area contributed by atoms with Gasteiger partial charge in [-0.3, -0.25) is 19.1 Å². The van der Waals surface area contributed by atoms with Crippen LogP contribution in [0.2, 0.25) is 0 Å². The number of methoxy groups -OCH3 is 1. The molecular weight excluding hydrogens is 282 g/mol. The Balaban J connectivity index is 2.98. The number of carbonyl (C=O) groups excluding carboxylic acids is 1. The van der Waals surface area contributed by atoms with Crippen molar-refractivity contribution in [3.05, 3.63) is 31.5 Å². The molecule has 1 aromatic rings. The average molecular weight is 292 g/mol. The lowest BCUT2D eigenvalue weighted by Gasteiger charge is -2.10. The monoisotopic (exact) mass is 291 g/mol. The zero-order valence-electron chi connectivity index (χ0n) is 8.40. The van der Waals surface area contributed by atoms with E-state index in [2.05, 4.69) is 25.7 Å². The minimum Gasteiger partial charge on any atom is -0.468 e. The van der Waals surface area contributed by atoms with E-state index in [-0.39, 0.29) is 11.0 Å². The van der Waals surface area contributed by atoms with Gasteiger partial charge in [-0.05, 0) is 15.9 Å². The van der Waals surface area contributed by atoms with Crippen LogP contribution in [0.1, 0.15) is 0 Å². The van der Waals surface area contributed by atoms with Gasteiger partial charge in [0.1, 0.15) is 6.04 Å². The van der Waals surface area contributed by atoms with Gasteiger partial charge in [-0.15, -0.1) is 0 Å². The number of ether oxygens (including phenoxy) is 1. The number of nitrogens with zero attached hydrogens (tertiary/aromatic N) is 1. The molecule has 1 aromatic heterocycles. The van der Waals surface area contributed by atoms with E-state index in [9.17, 15) is 14.4 Å². The van der Waals surface area contributed by atoms with E-state index in [0.29, 0.717) is 0 Å². The van der Waals surface area contributed by atoms with Crippen LogP contribution in [0.4, 0.5) is 0 Å². The molecule has 0 aliphatic rings. The number of nitrogens with two attached hydrogens (primary N) is 1. The number of esters is 1. The van der Waals surface area contributed by atoms with Gasteiger partial charge in [-0.2, -0.15) is 0 Å². The summed E-state index contributed by atoms with van der Waals surface area (Å²) in [6, 6.07) is -0.958. The number of H-pyrrole nitrogens is 1. The highest BCUT2D eigenvalue weighted by Crippen LogP contribution is 1.98. The molecule has 0 fully saturated rings. The van der Waals surface area contributed by atoms with Crippen LogP contribution < -0.4 is 17.0 Å². The Morgan fingerprint density at radius 3 is 2.88 bits per heavy atom. The van der Waals surface area contributed by atoms with Crippen LogP contribution in [0.3, 0.4) is 0 Å². The maximum atomic E-state index is 11.3. The number of nitrogens with one attached hydrogen (secondary N) is 1. The fourth-order valence-corrected chi connectivity index (χ4v) is 1.40. The molecule has 1 atom stereocenters. The zero-order chi connectivity index (χ0) is 12.3. The Morgan fingerprint density at radius 2 is 2.31 bits per heavy atom. The summed E-state index contributed by atoms with van der Waals surface area (Å²) >= 11 is 2.96. The van der Waals surface area contributed by atoms with E-state index < -0.39 is 23.3 Å². The van der Waals surface area contributed by atoms with Crippen LogP contribution in [0, 0.1) is 0 Å². The number of halogens is 1. The summed E-state index contributed by atoms with van der Waals surface area (Å²) in [7, 11) is 1.20. The number of carbonyl (C=O) groups is 1. The van der Waals surface area contributed by atoms with Crippen molar-refractivity contribution in [1.29, 1.82) is 0 Å². The second-order valence-corrected chi connectivity index (χ2v) is 3.87. The number of rotatable bonds is 3. The fourth-order valence-electron chi connectivity index (χ4n) is 1.06. The molecule has 0 aliphatic heterocycles. The third-order valence-corrected chi connectivity index (χ3v) is 2.43. The molecule has 0 aromatic carbocycles. The van der Waals surface area contributed by atoms with Crippen molar-refractivity contribution in [2.45, 2.75) is 12.6 Å². The molecule has 16 heavy (non-hydrogen) atoms. The Labute approximate surface area is 98.3 Å². The lowest BCUT2D eigenvalue weighted by Crippen LogP contribution is -2.40. The molecule has 8 heteroatoms. The number of hydrogen-bond acceptors (Lipinski definition) is 5. The van der Waals surface area contributed by atoms with Crippen LogP contribution in [-0.2, 0) is 16.1 Å². The topological polar surface area (TPSA) is 107 Å². The highest BCUT2D eigenvalue weighted by Gasteiger charge is 2.15. The molecule has 3 N–H and O–H groups in total. The average Bonchev–Trinajstić information content (AvgIpc) is 2.24. The minimum atomic E-state index is -0.958. The summed E-state index contributed by atoms with van der Waals surface area (Å²) in [5.74, 6) is -0.630. The minimum absolute atomic E-state index is 0.0686. The number of aromatic amines is 1. The summed E-state index contributed by atoms with van der Waals surface area (Å²) in [4.78, 5) is 35.4. The largest absolute Gasteiger partial charge is 0.468 e.